The first-order chi connectivity index (χ1) is 9.63. The van der Waals surface area contributed by atoms with E-state index in [-0.39, 0.29) is 0 Å². The van der Waals surface area contributed by atoms with Crippen LogP contribution in [0.5, 0.6) is 0 Å². The van der Waals surface area contributed by atoms with Gasteiger partial charge in [0.2, 0.25) is 10.0 Å². The van der Waals surface area contributed by atoms with Gasteiger partial charge in [0, 0.05) is 0 Å². The molecule has 0 saturated heterocycles. The summed E-state index contributed by atoms with van der Waals surface area (Å²) in [7, 11) is -7.34. The van der Waals surface area contributed by atoms with E-state index in [9.17, 15) is 30.0 Å². The summed E-state index contributed by atoms with van der Waals surface area (Å²) in [6.07, 6.45) is -4.87. The van der Waals surface area contributed by atoms with Crippen LogP contribution >= 0.6 is 0 Å². The summed E-state index contributed by atoms with van der Waals surface area (Å²) >= 11 is 0. The van der Waals surface area contributed by atoms with Gasteiger partial charge in [-0.1, -0.05) is 0 Å². The Morgan fingerprint density at radius 1 is 0.909 bits per heavy atom. The minimum Gasteiger partial charge on any atom is -0.223 e. The smallest absolute Gasteiger partial charge is 0.223 e. The monoisotopic (exact) mass is 359 g/mol. The van der Waals surface area contributed by atoms with Crippen molar-refractivity contribution in [1.82, 2.24) is 4.72 Å². The number of nitrogens with one attached hydrogen (secondary N) is 1. The van der Waals surface area contributed by atoms with E-state index in [1.54, 1.807) is 0 Å². The summed E-state index contributed by atoms with van der Waals surface area (Å²) in [4.78, 5) is -1.45. The van der Waals surface area contributed by atoms with E-state index in [4.69, 9.17) is 0 Å². The van der Waals surface area contributed by atoms with Crippen molar-refractivity contribution in [3.63, 3.8) is 0 Å². The SMILES string of the molecule is CNS(=O)(=O)c1cc(C(F)(F)F)cc(S(=O)(=O)C(C)(C)C)c1. The van der Waals surface area contributed by atoms with E-state index in [1.807, 2.05) is 4.72 Å². The third-order valence-corrected chi connectivity index (χ3v) is 6.77. The third-order valence-electron chi connectivity index (χ3n) is 2.90. The summed E-state index contributed by atoms with van der Waals surface area (Å²) < 4.78 is 87.3. The second kappa shape index (κ2) is 5.50. The summed E-state index contributed by atoms with van der Waals surface area (Å²) in [6, 6.07) is 1.56. The highest BCUT2D eigenvalue weighted by molar-refractivity contribution is 7.93. The standard InChI is InChI=1S/C12H16F3NO4S2/c1-11(2,3)21(17,18)9-5-8(12(13,14)15)6-10(7-9)22(19,20)16-4/h5-7,16H,1-4H3. The maximum atomic E-state index is 12.9. The van der Waals surface area contributed by atoms with Gasteiger partial charge in [0.1, 0.15) is 0 Å². The Morgan fingerprint density at radius 2 is 1.36 bits per heavy atom. The van der Waals surface area contributed by atoms with Crippen LogP contribution in [0.3, 0.4) is 0 Å². The molecule has 0 radical (unpaired) electrons. The molecule has 0 fully saturated rings. The zero-order chi connectivity index (χ0) is 17.6. The van der Waals surface area contributed by atoms with Gasteiger partial charge in [-0.3, -0.25) is 0 Å². The Labute approximate surface area is 127 Å². The molecule has 1 N–H and O–H groups in total. The molecule has 0 heterocycles. The summed E-state index contributed by atoms with van der Waals surface area (Å²) in [5.74, 6) is 0. The molecule has 0 saturated carbocycles. The highest BCUT2D eigenvalue weighted by Crippen LogP contribution is 2.35. The van der Waals surface area contributed by atoms with E-state index in [1.165, 1.54) is 20.8 Å². The molecule has 0 spiro atoms. The van der Waals surface area contributed by atoms with Crippen molar-refractivity contribution in [2.75, 3.05) is 7.05 Å². The van der Waals surface area contributed by atoms with Crippen LogP contribution in [0.25, 0.3) is 0 Å². The molecule has 22 heavy (non-hydrogen) atoms. The van der Waals surface area contributed by atoms with Crippen LogP contribution in [0, 0.1) is 0 Å². The van der Waals surface area contributed by atoms with Gasteiger partial charge in [0.25, 0.3) is 0 Å². The highest BCUT2D eigenvalue weighted by Gasteiger charge is 2.37. The minimum atomic E-state index is -4.87. The number of hydrogen-bond donors (Lipinski definition) is 1. The zero-order valence-corrected chi connectivity index (χ0v) is 13.9. The molecule has 5 nitrogen and oxygen atoms in total. The van der Waals surface area contributed by atoms with Gasteiger partial charge in [0.05, 0.1) is 20.1 Å². The number of benzene rings is 1. The lowest BCUT2D eigenvalue weighted by atomic mass is 10.2. The molecule has 126 valence electrons. The number of sulfonamides is 1. The number of rotatable bonds is 3. The topological polar surface area (TPSA) is 80.3 Å². The van der Waals surface area contributed by atoms with Crippen LogP contribution in [0.4, 0.5) is 13.2 Å². The zero-order valence-electron chi connectivity index (χ0n) is 12.3. The molecule has 1 aromatic rings. The Hall–Kier alpha value is -1.13. The van der Waals surface area contributed by atoms with E-state index in [0.29, 0.717) is 12.1 Å². The largest absolute Gasteiger partial charge is 0.416 e. The van der Waals surface area contributed by atoms with Crippen LogP contribution < -0.4 is 4.72 Å². The second-order valence-corrected chi connectivity index (χ2v) is 10.1. The van der Waals surface area contributed by atoms with Gasteiger partial charge in [-0.15, -0.1) is 0 Å². The van der Waals surface area contributed by atoms with Crippen molar-refractivity contribution in [2.45, 2.75) is 41.5 Å². The van der Waals surface area contributed by atoms with Gasteiger partial charge in [0.15, 0.2) is 9.84 Å². The Kier molecular flexibility index (Phi) is 4.73. The molecule has 0 unspecified atom stereocenters. The summed E-state index contributed by atoms with van der Waals surface area (Å²) in [6.45, 7) is 3.94. The first-order valence-electron chi connectivity index (χ1n) is 6.03. The van der Waals surface area contributed by atoms with E-state index < -0.39 is 46.1 Å². The van der Waals surface area contributed by atoms with E-state index in [0.717, 1.165) is 13.1 Å². The molecule has 0 aliphatic heterocycles. The predicted molar refractivity (Wildman–Crippen MR) is 74.6 cm³/mol. The van der Waals surface area contributed by atoms with Crippen molar-refractivity contribution in [3.8, 4) is 0 Å². The first kappa shape index (κ1) is 18.9. The Balaban J connectivity index is 3.80. The molecule has 0 bridgehead atoms. The van der Waals surface area contributed by atoms with Crippen molar-refractivity contribution in [3.05, 3.63) is 23.8 Å². The van der Waals surface area contributed by atoms with E-state index in [2.05, 4.69) is 0 Å². The van der Waals surface area contributed by atoms with Crippen LogP contribution in [0.15, 0.2) is 28.0 Å². The molecule has 10 heteroatoms. The predicted octanol–water partition coefficient (Wildman–Crippen LogP) is 2.19. The molecule has 0 aromatic heterocycles. The quantitative estimate of drug-likeness (QED) is 0.897. The van der Waals surface area contributed by atoms with E-state index >= 15 is 0 Å². The Morgan fingerprint density at radius 3 is 1.73 bits per heavy atom. The molecule has 0 aliphatic carbocycles. The lowest BCUT2D eigenvalue weighted by Crippen LogP contribution is -2.29. The third kappa shape index (κ3) is 3.61. The fraction of sp³-hybridized carbons (Fsp3) is 0.500. The highest BCUT2D eigenvalue weighted by atomic mass is 32.2. The number of hydrogen-bond acceptors (Lipinski definition) is 4. The molecule has 0 amide bonds. The van der Waals surface area contributed by atoms with Gasteiger partial charge in [-0.25, -0.2) is 21.6 Å². The average molecular weight is 359 g/mol. The normalized spacial score (nSPS) is 14.1. The van der Waals surface area contributed by atoms with Gasteiger partial charge >= 0.3 is 6.18 Å². The number of halogens is 3. The molecule has 0 atom stereocenters. The number of alkyl halides is 3. The lowest BCUT2D eigenvalue weighted by molar-refractivity contribution is -0.137. The molecule has 0 aliphatic rings. The van der Waals surface area contributed by atoms with Crippen molar-refractivity contribution in [1.29, 1.82) is 0 Å². The maximum absolute atomic E-state index is 12.9. The van der Waals surface area contributed by atoms with Crippen molar-refractivity contribution in [2.24, 2.45) is 0 Å². The summed E-state index contributed by atoms with van der Waals surface area (Å²) in [5.41, 5.74) is -1.34. The minimum absolute atomic E-state index is 0.396. The van der Waals surface area contributed by atoms with Crippen molar-refractivity contribution < 1.29 is 30.0 Å². The van der Waals surface area contributed by atoms with Crippen LogP contribution in [0.1, 0.15) is 26.3 Å². The molecular weight excluding hydrogens is 343 g/mol. The van der Waals surface area contributed by atoms with Crippen LogP contribution in [-0.2, 0) is 26.0 Å². The fourth-order valence-electron chi connectivity index (χ4n) is 1.52. The van der Waals surface area contributed by atoms with Gasteiger partial charge in [-0.05, 0) is 46.0 Å². The second-order valence-electron chi connectivity index (χ2n) is 5.51. The molecular formula is C12H16F3NO4S2. The maximum Gasteiger partial charge on any atom is 0.416 e. The van der Waals surface area contributed by atoms with Gasteiger partial charge < -0.3 is 0 Å². The number of sulfone groups is 1. The van der Waals surface area contributed by atoms with Crippen molar-refractivity contribution >= 4 is 19.9 Å². The van der Waals surface area contributed by atoms with Gasteiger partial charge in [-0.2, -0.15) is 13.2 Å². The molecule has 1 rings (SSSR count). The average Bonchev–Trinajstić information content (AvgIpc) is 2.35. The lowest BCUT2D eigenvalue weighted by Gasteiger charge is -2.21. The molecule has 1 aromatic carbocycles. The summed E-state index contributed by atoms with van der Waals surface area (Å²) in [5, 5.41) is 0. The first-order valence-corrected chi connectivity index (χ1v) is 9.00. The Bertz CT molecular complexity index is 776. The van der Waals surface area contributed by atoms with Crippen LogP contribution in [-0.4, -0.2) is 28.6 Å². The van der Waals surface area contributed by atoms with Crippen LogP contribution in [0.2, 0.25) is 0 Å². The fourth-order valence-corrected chi connectivity index (χ4v) is 3.66.